The summed E-state index contributed by atoms with van der Waals surface area (Å²) in [7, 11) is 2.88. The molecule has 0 aliphatic carbocycles. The van der Waals surface area contributed by atoms with Gasteiger partial charge in [-0.05, 0) is 18.2 Å². The standard InChI is InChI=1S/C21H20ClFN4O4/c1-29-17-8-15-12(7-18(17)31-11-6-16(24-9-11)21(28)30-2)20(26-10-25-15)27-14-5-3-4-13(22)19(14)23/h3-5,7-8,10-11,16,24H,6,9H2,1-2H3,(H,25,26,27)/t11-,16+/m0/s1. The van der Waals surface area contributed by atoms with Crippen molar-refractivity contribution in [2.24, 2.45) is 0 Å². The highest BCUT2D eigenvalue weighted by Gasteiger charge is 2.32. The summed E-state index contributed by atoms with van der Waals surface area (Å²) in [6.07, 6.45) is 1.56. The molecule has 4 rings (SSSR count). The molecule has 2 atom stereocenters. The molecule has 1 aliphatic rings. The van der Waals surface area contributed by atoms with Gasteiger partial charge in [-0.25, -0.2) is 14.4 Å². The second-order valence-electron chi connectivity index (χ2n) is 6.93. The van der Waals surface area contributed by atoms with E-state index in [2.05, 4.69) is 20.6 Å². The average molecular weight is 447 g/mol. The monoisotopic (exact) mass is 446 g/mol. The third-order valence-corrected chi connectivity index (χ3v) is 5.29. The summed E-state index contributed by atoms with van der Waals surface area (Å²) < 4.78 is 30.7. The zero-order chi connectivity index (χ0) is 22.0. The highest BCUT2D eigenvalue weighted by molar-refractivity contribution is 6.31. The van der Waals surface area contributed by atoms with Gasteiger partial charge in [0.15, 0.2) is 17.3 Å². The molecule has 2 heterocycles. The summed E-state index contributed by atoms with van der Waals surface area (Å²) in [6.45, 7) is 0.477. The van der Waals surface area contributed by atoms with Crippen LogP contribution >= 0.6 is 11.6 Å². The Morgan fingerprint density at radius 3 is 2.87 bits per heavy atom. The van der Waals surface area contributed by atoms with Gasteiger partial charge in [-0.15, -0.1) is 0 Å². The zero-order valence-corrected chi connectivity index (χ0v) is 17.6. The maximum Gasteiger partial charge on any atom is 0.323 e. The van der Waals surface area contributed by atoms with E-state index in [0.29, 0.717) is 41.2 Å². The van der Waals surface area contributed by atoms with Crippen molar-refractivity contribution in [1.82, 2.24) is 15.3 Å². The smallest absolute Gasteiger partial charge is 0.323 e. The maximum atomic E-state index is 14.4. The third-order valence-electron chi connectivity index (χ3n) is 5.00. The number of methoxy groups -OCH3 is 2. The summed E-state index contributed by atoms with van der Waals surface area (Å²) >= 11 is 5.88. The number of aromatic nitrogens is 2. The molecule has 8 nitrogen and oxygen atoms in total. The van der Waals surface area contributed by atoms with Crippen LogP contribution in [0.5, 0.6) is 11.5 Å². The zero-order valence-electron chi connectivity index (χ0n) is 16.8. The summed E-state index contributed by atoms with van der Waals surface area (Å²) in [5, 5.41) is 6.65. The normalized spacial score (nSPS) is 18.1. The molecule has 0 amide bonds. The molecule has 1 aliphatic heterocycles. The van der Waals surface area contributed by atoms with Crippen LogP contribution in [0.1, 0.15) is 6.42 Å². The number of nitrogens with one attached hydrogen (secondary N) is 2. The molecule has 2 N–H and O–H groups in total. The van der Waals surface area contributed by atoms with Crippen LogP contribution in [0.3, 0.4) is 0 Å². The van der Waals surface area contributed by atoms with Crippen molar-refractivity contribution in [3.63, 3.8) is 0 Å². The van der Waals surface area contributed by atoms with Gasteiger partial charge in [0, 0.05) is 24.4 Å². The quantitative estimate of drug-likeness (QED) is 0.556. The van der Waals surface area contributed by atoms with E-state index < -0.39 is 11.9 Å². The van der Waals surface area contributed by atoms with E-state index in [1.54, 1.807) is 24.3 Å². The number of carbonyl (C=O) groups is 1. The minimum absolute atomic E-state index is 0.00273. The van der Waals surface area contributed by atoms with Crippen molar-refractivity contribution in [3.8, 4) is 11.5 Å². The number of carbonyl (C=O) groups excluding carboxylic acids is 1. The molecule has 1 aromatic heterocycles. The Labute approximate surface area is 182 Å². The number of halogens is 2. The molecule has 0 saturated carbocycles. The minimum Gasteiger partial charge on any atom is -0.493 e. The molecule has 162 valence electrons. The first-order valence-electron chi connectivity index (χ1n) is 9.51. The van der Waals surface area contributed by atoms with Crippen LogP contribution in [0.2, 0.25) is 5.02 Å². The van der Waals surface area contributed by atoms with Gasteiger partial charge in [0.25, 0.3) is 0 Å². The molecule has 0 unspecified atom stereocenters. The van der Waals surface area contributed by atoms with Crippen molar-refractivity contribution in [2.75, 3.05) is 26.1 Å². The van der Waals surface area contributed by atoms with Crippen LogP contribution < -0.4 is 20.1 Å². The lowest BCUT2D eigenvalue weighted by Gasteiger charge is -2.17. The van der Waals surface area contributed by atoms with Crippen LogP contribution in [-0.4, -0.2) is 48.8 Å². The molecular formula is C21H20ClFN4O4. The Hall–Kier alpha value is -3.17. The fourth-order valence-electron chi connectivity index (χ4n) is 3.44. The van der Waals surface area contributed by atoms with Gasteiger partial charge in [0.2, 0.25) is 0 Å². The number of ether oxygens (including phenoxy) is 3. The molecule has 0 radical (unpaired) electrons. The number of anilines is 2. The Kier molecular flexibility index (Phi) is 6.06. The Balaban J connectivity index is 1.66. The second-order valence-corrected chi connectivity index (χ2v) is 7.34. The number of rotatable bonds is 6. The molecule has 1 saturated heterocycles. The topological polar surface area (TPSA) is 94.6 Å². The fourth-order valence-corrected chi connectivity index (χ4v) is 3.61. The largest absolute Gasteiger partial charge is 0.493 e. The van der Waals surface area contributed by atoms with Crippen LogP contribution in [0, 0.1) is 5.82 Å². The van der Waals surface area contributed by atoms with Gasteiger partial charge in [-0.1, -0.05) is 17.7 Å². The van der Waals surface area contributed by atoms with Gasteiger partial charge in [0.05, 0.1) is 30.4 Å². The molecule has 0 bridgehead atoms. The van der Waals surface area contributed by atoms with E-state index in [0.717, 1.165) is 0 Å². The third kappa shape index (κ3) is 4.33. The van der Waals surface area contributed by atoms with Crippen LogP contribution in [0.4, 0.5) is 15.9 Å². The van der Waals surface area contributed by atoms with Gasteiger partial charge in [-0.2, -0.15) is 0 Å². The summed E-state index contributed by atoms with van der Waals surface area (Å²) in [6, 6.07) is 7.69. The highest BCUT2D eigenvalue weighted by Crippen LogP contribution is 2.36. The van der Waals surface area contributed by atoms with E-state index in [9.17, 15) is 9.18 Å². The van der Waals surface area contributed by atoms with E-state index >= 15 is 0 Å². The summed E-state index contributed by atoms with van der Waals surface area (Å²) in [4.78, 5) is 20.3. The lowest BCUT2D eigenvalue weighted by atomic mass is 10.1. The minimum atomic E-state index is -0.577. The number of hydrogen-bond donors (Lipinski definition) is 2. The van der Waals surface area contributed by atoms with Crippen molar-refractivity contribution in [2.45, 2.75) is 18.6 Å². The van der Waals surface area contributed by atoms with Gasteiger partial charge < -0.3 is 24.8 Å². The molecular weight excluding hydrogens is 427 g/mol. The second kappa shape index (κ2) is 8.91. The molecule has 2 aromatic carbocycles. The van der Waals surface area contributed by atoms with Crippen molar-refractivity contribution < 1.29 is 23.4 Å². The lowest BCUT2D eigenvalue weighted by molar-refractivity contribution is -0.142. The van der Waals surface area contributed by atoms with Gasteiger partial charge in [-0.3, -0.25) is 4.79 Å². The first-order chi connectivity index (χ1) is 15.0. The Bertz CT molecular complexity index is 1130. The average Bonchev–Trinajstić information content (AvgIpc) is 3.25. The lowest BCUT2D eigenvalue weighted by Crippen LogP contribution is -2.31. The highest BCUT2D eigenvalue weighted by atomic mass is 35.5. The van der Waals surface area contributed by atoms with E-state index in [1.807, 2.05) is 0 Å². The number of benzene rings is 2. The van der Waals surface area contributed by atoms with Gasteiger partial charge >= 0.3 is 5.97 Å². The molecule has 3 aromatic rings. The van der Waals surface area contributed by atoms with E-state index in [1.165, 1.54) is 26.6 Å². The molecule has 10 heteroatoms. The van der Waals surface area contributed by atoms with Crippen molar-refractivity contribution >= 4 is 40.0 Å². The first kappa shape index (κ1) is 21.1. The first-order valence-corrected chi connectivity index (χ1v) is 9.89. The molecule has 31 heavy (non-hydrogen) atoms. The van der Waals surface area contributed by atoms with E-state index in [4.69, 9.17) is 25.8 Å². The van der Waals surface area contributed by atoms with Crippen LogP contribution in [0.25, 0.3) is 10.9 Å². The molecule has 1 fully saturated rings. The summed E-state index contributed by atoms with van der Waals surface area (Å²) in [5.41, 5.74) is 0.771. The van der Waals surface area contributed by atoms with Gasteiger partial charge in [0.1, 0.15) is 24.3 Å². The molecule has 0 spiro atoms. The number of esters is 1. The Morgan fingerprint density at radius 2 is 2.10 bits per heavy atom. The Morgan fingerprint density at radius 1 is 1.26 bits per heavy atom. The van der Waals surface area contributed by atoms with Crippen molar-refractivity contribution in [1.29, 1.82) is 0 Å². The van der Waals surface area contributed by atoms with E-state index in [-0.39, 0.29) is 22.8 Å². The maximum absolute atomic E-state index is 14.4. The SMILES string of the molecule is COC(=O)[C@H]1C[C@H](Oc2cc3c(Nc4cccc(Cl)c4F)ncnc3cc2OC)CN1. The van der Waals surface area contributed by atoms with Crippen molar-refractivity contribution in [3.05, 3.63) is 47.5 Å². The predicted molar refractivity (Wildman–Crippen MR) is 114 cm³/mol. The van der Waals surface area contributed by atoms with Crippen LogP contribution in [-0.2, 0) is 9.53 Å². The number of hydrogen-bond acceptors (Lipinski definition) is 8. The predicted octanol–water partition coefficient (Wildman–Crippen LogP) is 3.46. The van der Waals surface area contributed by atoms with Crippen LogP contribution in [0.15, 0.2) is 36.7 Å². The number of nitrogens with zero attached hydrogens (tertiary/aromatic N) is 2. The number of fused-ring (bicyclic) bond motifs is 1. The fraction of sp³-hybridized carbons (Fsp3) is 0.286. The summed E-state index contributed by atoms with van der Waals surface area (Å²) in [5.74, 6) is 0.409.